The normalized spacial score (nSPS) is 11.9. The van der Waals surface area contributed by atoms with Crippen LogP contribution in [0.1, 0.15) is 25.3 Å². The topological polar surface area (TPSA) is 46.3 Å². The monoisotopic (exact) mass is 250 g/mol. The average molecular weight is 250 g/mol. The lowest BCUT2D eigenvalue weighted by molar-refractivity contribution is -0.131. The molecule has 0 spiro atoms. The molecule has 3 nitrogen and oxygen atoms in total. The highest BCUT2D eigenvalue weighted by atomic mass is 32.1. The number of carbonyl (C=O) groups excluding carboxylic acids is 1. The molecule has 0 saturated carbocycles. The second-order valence-corrected chi connectivity index (χ2v) is 4.48. The lowest BCUT2D eigenvalue weighted by atomic mass is 10.00. The van der Waals surface area contributed by atoms with Crippen molar-refractivity contribution >= 4 is 23.1 Å². The third kappa shape index (κ3) is 3.82. The highest BCUT2D eigenvalue weighted by Gasteiger charge is 2.20. The number of carbonyl (C=O) groups is 1. The average Bonchev–Trinajstić information content (AvgIpc) is 2.35. The quantitative estimate of drug-likeness (QED) is 0.812. The lowest BCUT2D eigenvalue weighted by Gasteiger charge is -2.24. The molecule has 1 rings (SSSR count). The van der Waals surface area contributed by atoms with Crippen molar-refractivity contribution in [2.45, 2.75) is 19.8 Å². The Labute approximate surface area is 108 Å². The zero-order valence-electron chi connectivity index (χ0n) is 10.2. The first kappa shape index (κ1) is 13.6. The fourth-order valence-electron chi connectivity index (χ4n) is 1.69. The second-order valence-electron chi connectivity index (χ2n) is 3.95. The molecule has 0 aliphatic carbocycles. The van der Waals surface area contributed by atoms with Gasteiger partial charge in [0, 0.05) is 6.54 Å². The van der Waals surface area contributed by atoms with E-state index in [4.69, 9.17) is 18.0 Å². The summed E-state index contributed by atoms with van der Waals surface area (Å²) in [5.41, 5.74) is 6.50. The lowest BCUT2D eigenvalue weighted by Crippen LogP contribution is -2.39. The minimum Gasteiger partial charge on any atom is -0.392 e. The molecule has 0 aromatic heterocycles. The van der Waals surface area contributed by atoms with Crippen LogP contribution in [0, 0.1) is 0 Å². The molecule has 1 aromatic carbocycles. The molecule has 1 atom stereocenters. The van der Waals surface area contributed by atoms with Crippen molar-refractivity contribution in [1.82, 2.24) is 4.90 Å². The maximum atomic E-state index is 12.2. The van der Waals surface area contributed by atoms with Crippen LogP contribution in [0.4, 0.5) is 0 Å². The summed E-state index contributed by atoms with van der Waals surface area (Å²) < 4.78 is 0. The van der Waals surface area contributed by atoms with Crippen LogP contribution in [0.25, 0.3) is 0 Å². The standard InChI is InChI=1S/C13H18N2OS/c1-3-15(9-12(14)17)13(16)10(2)11-7-5-4-6-8-11/h4-8,10H,3,9H2,1-2H3,(H2,14,17). The van der Waals surface area contributed by atoms with E-state index in [0.29, 0.717) is 18.1 Å². The highest BCUT2D eigenvalue weighted by Crippen LogP contribution is 2.17. The fourth-order valence-corrected chi connectivity index (χ4v) is 1.85. The van der Waals surface area contributed by atoms with Gasteiger partial charge in [0.15, 0.2) is 0 Å². The number of hydrogen-bond acceptors (Lipinski definition) is 2. The molecule has 0 bridgehead atoms. The number of amides is 1. The van der Waals surface area contributed by atoms with Crippen LogP contribution in [0.15, 0.2) is 30.3 Å². The van der Waals surface area contributed by atoms with Crippen LogP contribution in [0.5, 0.6) is 0 Å². The van der Waals surface area contributed by atoms with E-state index >= 15 is 0 Å². The minimum atomic E-state index is -0.162. The van der Waals surface area contributed by atoms with Gasteiger partial charge in [-0.15, -0.1) is 0 Å². The molecular formula is C13H18N2OS. The van der Waals surface area contributed by atoms with Crippen LogP contribution < -0.4 is 5.73 Å². The minimum absolute atomic E-state index is 0.0616. The molecular weight excluding hydrogens is 232 g/mol. The van der Waals surface area contributed by atoms with Crippen LogP contribution in [0.3, 0.4) is 0 Å². The van der Waals surface area contributed by atoms with Gasteiger partial charge in [-0.05, 0) is 19.4 Å². The largest absolute Gasteiger partial charge is 0.392 e. The molecule has 2 N–H and O–H groups in total. The van der Waals surface area contributed by atoms with Gasteiger partial charge in [-0.25, -0.2) is 0 Å². The molecule has 0 fully saturated rings. The summed E-state index contributed by atoms with van der Waals surface area (Å²) in [5.74, 6) is -0.100. The summed E-state index contributed by atoms with van der Waals surface area (Å²) in [4.78, 5) is 14.2. The van der Waals surface area contributed by atoms with Crippen molar-refractivity contribution < 1.29 is 4.79 Å². The summed E-state index contributed by atoms with van der Waals surface area (Å²) in [6.07, 6.45) is 0. The summed E-state index contributed by atoms with van der Waals surface area (Å²) in [5, 5.41) is 0. The van der Waals surface area contributed by atoms with E-state index in [1.165, 1.54) is 0 Å². The summed E-state index contributed by atoms with van der Waals surface area (Å²) in [6, 6.07) is 9.72. The van der Waals surface area contributed by atoms with E-state index < -0.39 is 0 Å². The van der Waals surface area contributed by atoms with E-state index in [9.17, 15) is 4.79 Å². The Kier molecular flexibility index (Phi) is 5.10. The maximum absolute atomic E-state index is 12.2. The molecule has 92 valence electrons. The van der Waals surface area contributed by atoms with E-state index in [1.807, 2.05) is 44.2 Å². The highest BCUT2D eigenvalue weighted by molar-refractivity contribution is 7.80. The van der Waals surface area contributed by atoms with Gasteiger partial charge in [0.25, 0.3) is 0 Å². The number of nitrogens with two attached hydrogens (primary N) is 1. The zero-order valence-corrected chi connectivity index (χ0v) is 11.0. The number of rotatable bonds is 5. The molecule has 0 saturated heterocycles. The van der Waals surface area contributed by atoms with Crippen LogP contribution in [-0.4, -0.2) is 28.9 Å². The molecule has 0 heterocycles. The predicted molar refractivity (Wildman–Crippen MR) is 73.9 cm³/mol. The second kappa shape index (κ2) is 6.35. The third-order valence-corrected chi connectivity index (χ3v) is 2.84. The van der Waals surface area contributed by atoms with E-state index in [0.717, 1.165) is 5.56 Å². The van der Waals surface area contributed by atoms with Crippen molar-refractivity contribution in [2.24, 2.45) is 5.73 Å². The first-order valence-corrected chi connectivity index (χ1v) is 6.09. The Balaban J connectivity index is 2.77. The molecule has 1 aromatic rings. The number of likely N-dealkylation sites (N-methyl/N-ethyl adjacent to an activating group) is 1. The van der Waals surface area contributed by atoms with Crippen molar-refractivity contribution in [3.63, 3.8) is 0 Å². The number of hydrogen-bond donors (Lipinski definition) is 1. The third-order valence-electron chi connectivity index (χ3n) is 2.71. The number of benzene rings is 1. The Morgan fingerprint density at radius 2 is 2.00 bits per heavy atom. The summed E-state index contributed by atoms with van der Waals surface area (Å²) in [6.45, 7) is 4.79. The molecule has 0 aliphatic rings. The van der Waals surface area contributed by atoms with Gasteiger partial charge in [-0.1, -0.05) is 42.5 Å². The smallest absolute Gasteiger partial charge is 0.230 e. The number of nitrogens with zero attached hydrogens (tertiary/aromatic N) is 1. The Morgan fingerprint density at radius 3 is 2.47 bits per heavy atom. The van der Waals surface area contributed by atoms with E-state index in [1.54, 1.807) is 4.90 Å². The van der Waals surface area contributed by atoms with E-state index in [-0.39, 0.29) is 11.8 Å². The van der Waals surface area contributed by atoms with Gasteiger partial charge in [0.05, 0.1) is 17.5 Å². The Hall–Kier alpha value is -1.42. The summed E-state index contributed by atoms with van der Waals surface area (Å²) in [7, 11) is 0. The predicted octanol–water partition coefficient (Wildman–Crippen LogP) is 1.92. The molecule has 0 aliphatic heterocycles. The van der Waals surface area contributed by atoms with Gasteiger partial charge in [0.2, 0.25) is 5.91 Å². The number of thiocarbonyl (C=S) groups is 1. The molecule has 4 heteroatoms. The van der Waals surface area contributed by atoms with Crippen molar-refractivity contribution in [2.75, 3.05) is 13.1 Å². The first-order chi connectivity index (χ1) is 8.06. The van der Waals surface area contributed by atoms with Gasteiger partial charge in [-0.3, -0.25) is 4.79 Å². The van der Waals surface area contributed by atoms with E-state index in [2.05, 4.69) is 0 Å². The van der Waals surface area contributed by atoms with Gasteiger partial charge in [0.1, 0.15) is 0 Å². The van der Waals surface area contributed by atoms with Crippen LogP contribution in [0.2, 0.25) is 0 Å². The van der Waals surface area contributed by atoms with Crippen LogP contribution >= 0.6 is 12.2 Å². The Bertz CT molecular complexity index is 392. The fraction of sp³-hybridized carbons (Fsp3) is 0.385. The maximum Gasteiger partial charge on any atom is 0.230 e. The van der Waals surface area contributed by atoms with Crippen molar-refractivity contribution in [1.29, 1.82) is 0 Å². The molecule has 0 radical (unpaired) electrons. The molecule has 1 amide bonds. The van der Waals surface area contributed by atoms with Crippen molar-refractivity contribution in [3.05, 3.63) is 35.9 Å². The van der Waals surface area contributed by atoms with Crippen LogP contribution in [-0.2, 0) is 4.79 Å². The molecule has 1 unspecified atom stereocenters. The SMILES string of the molecule is CCN(CC(N)=S)C(=O)C(C)c1ccccc1. The Morgan fingerprint density at radius 1 is 1.41 bits per heavy atom. The van der Waals surface area contributed by atoms with Gasteiger partial charge < -0.3 is 10.6 Å². The van der Waals surface area contributed by atoms with Gasteiger partial charge >= 0.3 is 0 Å². The molecule has 17 heavy (non-hydrogen) atoms. The van der Waals surface area contributed by atoms with Crippen molar-refractivity contribution in [3.8, 4) is 0 Å². The first-order valence-electron chi connectivity index (χ1n) is 5.68. The summed E-state index contributed by atoms with van der Waals surface area (Å²) >= 11 is 4.84. The zero-order chi connectivity index (χ0) is 12.8. The van der Waals surface area contributed by atoms with Gasteiger partial charge in [-0.2, -0.15) is 0 Å².